The van der Waals surface area contributed by atoms with Gasteiger partial charge in [-0.1, -0.05) is 12.2 Å². The number of carboxylic acids is 3. The summed E-state index contributed by atoms with van der Waals surface area (Å²) >= 11 is 0. The Morgan fingerprint density at radius 2 is 1.62 bits per heavy atom. The number of hydrogen-bond donors (Lipinski definition) is 5. The molecule has 29 heavy (non-hydrogen) atoms. The average Bonchev–Trinajstić information content (AvgIpc) is 2.67. The highest BCUT2D eigenvalue weighted by Gasteiger charge is 2.24. The number of amides is 2. The summed E-state index contributed by atoms with van der Waals surface area (Å²) in [5.41, 5.74) is 0. The molecule has 0 radical (unpaired) electrons. The Morgan fingerprint density at radius 3 is 2.14 bits per heavy atom. The van der Waals surface area contributed by atoms with E-state index in [4.69, 9.17) is 10.2 Å². The molecule has 0 bridgehead atoms. The third-order valence-corrected chi connectivity index (χ3v) is 4.31. The lowest BCUT2D eigenvalue weighted by atomic mass is 10.1. The number of aliphatic carboxylic acids is 3. The van der Waals surface area contributed by atoms with Crippen molar-refractivity contribution >= 4 is 23.9 Å². The van der Waals surface area contributed by atoms with Crippen LogP contribution in [0.15, 0.2) is 24.4 Å². The Balaban J connectivity index is 2.41. The van der Waals surface area contributed by atoms with Crippen molar-refractivity contribution in [2.24, 2.45) is 0 Å². The molecule has 0 aliphatic carbocycles. The Labute approximate surface area is 168 Å². The van der Waals surface area contributed by atoms with E-state index < -0.39 is 42.4 Å². The Bertz CT molecular complexity index is 650. The maximum absolute atomic E-state index is 11.9. The molecule has 5 N–H and O–H groups in total. The first-order valence-electron chi connectivity index (χ1n) is 9.26. The monoisotopic (exact) mass is 412 g/mol. The van der Waals surface area contributed by atoms with Crippen LogP contribution in [0, 0.1) is 0 Å². The molecule has 11 nitrogen and oxygen atoms in total. The van der Waals surface area contributed by atoms with E-state index in [9.17, 15) is 24.3 Å². The maximum atomic E-state index is 11.9. The molecular weight excluding hydrogens is 384 g/mol. The third kappa shape index (κ3) is 9.60. The van der Waals surface area contributed by atoms with Gasteiger partial charge in [-0.3, -0.25) is 4.79 Å². The molecule has 0 saturated carbocycles. The van der Waals surface area contributed by atoms with Gasteiger partial charge in [0, 0.05) is 26.2 Å². The van der Waals surface area contributed by atoms with Crippen LogP contribution < -0.4 is 10.6 Å². The number of nitrogens with zero attached hydrogens (tertiary/aromatic N) is 2. The summed E-state index contributed by atoms with van der Waals surface area (Å²) in [6, 6.07) is -3.55. The molecule has 0 aromatic heterocycles. The van der Waals surface area contributed by atoms with E-state index in [1.165, 1.54) is 0 Å². The second kappa shape index (κ2) is 12.4. The molecule has 1 rings (SSSR count). The predicted molar refractivity (Wildman–Crippen MR) is 103 cm³/mol. The summed E-state index contributed by atoms with van der Waals surface area (Å²) < 4.78 is 0. The van der Waals surface area contributed by atoms with E-state index in [1.54, 1.807) is 0 Å². The van der Waals surface area contributed by atoms with E-state index in [0.29, 0.717) is 19.4 Å². The molecule has 0 aromatic carbocycles. The van der Waals surface area contributed by atoms with Gasteiger partial charge in [-0.25, -0.2) is 19.4 Å². The van der Waals surface area contributed by atoms with E-state index in [-0.39, 0.29) is 12.8 Å². The highest BCUT2D eigenvalue weighted by molar-refractivity contribution is 5.86. The summed E-state index contributed by atoms with van der Waals surface area (Å²) in [6.07, 6.45) is 8.51. The number of urea groups is 1. The number of nitrogens with one attached hydrogen (secondary N) is 2. The molecule has 162 valence electrons. The normalized spacial score (nSPS) is 15.0. The Hall–Kier alpha value is -3.08. The van der Waals surface area contributed by atoms with Crippen molar-refractivity contribution in [3.05, 3.63) is 24.4 Å². The summed E-state index contributed by atoms with van der Waals surface area (Å²) in [4.78, 5) is 45.0. The van der Waals surface area contributed by atoms with Gasteiger partial charge in [0.25, 0.3) is 0 Å². The number of allylic oxidation sites excluding steroid dienone is 2. The summed E-state index contributed by atoms with van der Waals surface area (Å²) in [6.45, 7) is 1.46. The SMILES string of the molecule is CN(CCCC[C@@H](NC(=O)N[C@@H](CCC(=O)O)C(=O)O)C(=O)O)N1C=CC=CC1. The molecule has 1 aliphatic heterocycles. The van der Waals surface area contributed by atoms with Crippen LogP contribution in [0.5, 0.6) is 0 Å². The van der Waals surface area contributed by atoms with Crippen molar-refractivity contribution in [1.29, 1.82) is 0 Å². The fraction of sp³-hybridized carbons (Fsp3) is 0.556. The van der Waals surface area contributed by atoms with Crippen LogP contribution in [-0.4, -0.2) is 81.5 Å². The fourth-order valence-corrected chi connectivity index (χ4v) is 2.67. The van der Waals surface area contributed by atoms with E-state index >= 15 is 0 Å². The zero-order chi connectivity index (χ0) is 21.8. The van der Waals surface area contributed by atoms with Gasteiger partial charge in [-0.2, -0.15) is 0 Å². The first kappa shape index (κ1) is 24.0. The summed E-state index contributed by atoms with van der Waals surface area (Å²) in [5, 5.41) is 35.3. The molecule has 2 amide bonds. The van der Waals surface area contributed by atoms with Crippen LogP contribution in [0.3, 0.4) is 0 Å². The van der Waals surface area contributed by atoms with Gasteiger partial charge in [0.1, 0.15) is 12.1 Å². The Morgan fingerprint density at radius 1 is 1.00 bits per heavy atom. The molecule has 0 aromatic rings. The van der Waals surface area contributed by atoms with Crippen molar-refractivity contribution in [1.82, 2.24) is 20.7 Å². The fourth-order valence-electron chi connectivity index (χ4n) is 2.67. The number of hydrazine groups is 1. The van der Waals surface area contributed by atoms with Gasteiger partial charge in [0.2, 0.25) is 0 Å². The minimum absolute atomic E-state index is 0.180. The molecule has 2 atom stereocenters. The zero-order valence-electron chi connectivity index (χ0n) is 16.3. The van der Waals surface area contributed by atoms with Crippen molar-refractivity contribution < 1.29 is 34.5 Å². The van der Waals surface area contributed by atoms with Crippen LogP contribution in [0.4, 0.5) is 4.79 Å². The number of hydrogen-bond acceptors (Lipinski definition) is 6. The number of carbonyl (C=O) groups excluding carboxylic acids is 1. The second-order valence-corrected chi connectivity index (χ2v) is 6.60. The first-order chi connectivity index (χ1) is 13.7. The molecule has 0 unspecified atom stereocenters. The standard InChI is InChI=1S/C18H28N4O7/c1-21(22-11-4-2-5-12-22)10-6-3-7-13(16(25)26)19-18(29)20-14(17(27)28)8-9-15(23)24/h2,4-5,11,13-14H,3,6-10,12H2,1H3,(H,23,24)(H,25,26)(H,27,28)(H2,19,20,29)/t13-,14+/m1/s1. The zero-order valence-corrected chi connectivity index (χ0v) is 16.3. The van der Waals surface area contributed by atoms with Crippen LogP contribution in [-0.2, 0) is 14.4 Å². The topological polar surface area (TPSA) is 160 Å². The molecular formula is C18H28N4O7. The van der Waals surface area contributed by atoms with Crippen molar-refractivity contribution in [2.75, 3.05) is 20.1 Å². The van der Waals surface area contributed by atoms with Gasteiger partial charge in [-0.15, -0.1) is 0 Å². The molecule has 0 saturated heterocycles. The summed E-state index contributed by atoms with van der Waals surface area (Å²) in [7, 11) is 1.92. The van der Waals surface area contributed by atoms with E-state index in [2.05, 4.69) is 10.6 Å². The van der Waals surface area contributed by atoms with Gasteiger partial charge >= 0.3 is 23.9 Å². The van der Waals surface area contributed by atoms with Gasteiger partial charge < -0.3 is 31.0 Å². The van der Waals surface area contributed by atoms with Crippen LogP contribution in [0.2, 0.25) is 0 Å². The smallest absolute Gasteiger partial charge is 0.326 e. The molecule has 1 heterocycles. The van der Waals surface area contributed by atoms with Crippen LogP contribution >= 0.6 is 0 Å². The largest absolute Gasteiger partial charge is 0.481 e. The van der Waals surface area contributed by atoms with Crippen molar-refractivity contribution in [2.45, 2.75) is 44.2 Å². The van der Waals surface area contributed by atoms with Crippen molar-refractivity contribution in [3.8, 4) is 0 Å². The number of rotatable bonds is 13. The predicted octanol–water partition coefficient (Wildman–Crippen LogP) is 0.459. The quantitative estimate of drug-likeness (QED) is 0.271. The lowest BCUT2D eigenvalue weighted by Gasteiger charge is -2.31. The highest BCUT2D eigenvalue weighted by Crippen LogP contribution is 2.07. The minimum Gasteiger partial charge on any atom is -0.481 e. The lowest BCUT2D eigenvalue weighted by Crippen LogP contribution is -2.51. The molecule has 0 spiro atoms. The molecule has 1 aliphatic rings. The maximum Gasteiger partial charge on any atom is 0.326 e. The van der Waals surface area contributed by atoms with Gasteiger partial charge in [0.05, 0.1) is 6.54 Å². The first-order valence-corrected chi connectivity index (χ1v) is 9.26. The Kier molecular flexibility index (Phi) is 10.2. The average molecular weight is 412 g/mol. The second-order valence-electron chi connectivity index (χ2n) is 6.60. The van der Waals surface area contributed by atoms with Crippen LogP contribution in [0.1, 0.15) is 32.1 Å². The highest BCUT2D eigenvalue weighted by atomic mass is 16.4. The van der Waals surface area contributed by atoms with Gasteiger partial charge in [-0.05, 0) is 31.8 Å². The molecule has 0 fully saturated rings. The number of carbonyl (C=O) groups is 4. The third-order valence-electron chi connectivity index (χ3n) is 4.31. The number of carboxylic acid groups (broad SMARTS) is 3. The lowest BCUT2D eigenvalue weighted by molar-refractivity contribution is -0.140. The minimum atomic E-state index is -1.42. The summed E-state index contributed by atoms with van der Waals surface area (Å²) in [5.74, 6) is -3.81. The van der Waals surface area contributed by atoms with E-state index in [1.807, 2.05) is 41.5 Å². The van der Waals surface area contributed by atoms with Crippen LogP contribution in [0.25, 0.3) is 0 Å². The van der Waals surface area contributed by atoms with E-state index in [0.717, 1.165) is 6.54 Å². The molecule has 11 heteroatoms. The number of unbranched alkanes of at least 4 members (excludes halogenated alkanes) is 1. The van der Waals surface area contributed by atoms with Gasteiger partial charge in [0.15, 0.2) is 0 Å². The van der Waals surface area contributed by atoms with Crippen molar-refractivity contribution in [3.63, 3.8) is 0 Å².